The van der Waals surface area contributed by atoms with Gasteiger partial charge in [-0.15, -0.1) is 11.3 Å². The van der Waals surface area contributed by atoms with E-state index in [2.05, 4.69) is 27.4 Å². The Morgan fingerprint density at radius 3 is 2.83 bits per heavy atom. The lowest BCUT2D eigenvalue weighted by molar-refractivity contribution is 0.239. The summed E-state index contributed by atoms with van der Waals surface area (Å²) in [7, 11) is 3.99. The molecule has 6 heteroatoms. The number of hydrogen-bond donors (Lipinski definition) is 1. The molecule has 0 bridgehead atoms. The first-order valence-corrected chi connectivity index (χ1v) is 6.78. The third kappa shape index (κ3) is 2.95. The van der Waals surface area contributed by atoms with Crippen molar-refractivity contribution in [3.05, 3.63) is 34.0 Å². The van der Waals surface area contributed by atoms with Crippen LogP contribution in [0.5, 0.6) is 0 Å². The molecular weight excluding hydrogens is 246 g/mol. The number of likely N-dealkylation sites (N-methyl/N-ethyl adjacent to an activating group) is 1. The minimum Gasteiger partial charge on any atom is -0.329 e. The number of nitrogens with two attached hydrogens (primary N) is 1. The van der Waals surface area contributed by atoms with Crippen LogP contribution < -0.4 is 5.73 Å². The molecule has 5 nitrogen and oxygen atoms in total. The molecule has 18 heavy (non-hydrogen) atoms. The standard InChI is InChI=1S/C12H19N5S/c1-9-15-11(8-18-9)7-16(2)12(4-13)10-5-14-17(3)6-10/h5-6,8,12H,4,7,13H2,1-3H3. The predicted octanol–water partition coefficient (Wildman–Crippen LogP) is 1.32. The molecule has 0 aliphatic carbocycles. The largest absolute Gasteiger partial charge is 0.329 e. The Kier molecular flexibility index (Phi) is 4.11. The summed E-state index contributed by atoms with van der Waals surface area (Å²) in [6, 6.07) is 0.181. The van der Waals surface area contributed by atoms with Gasteiger partial charge in [0.1, 0.15) is 0 Å². The normalized spacial score (nSPS) is 13.2. The van der Waals surface area contributed by atoms with E-state index in [0.29, 0.717) is 6.54 Å². The molecule has 0 spiro atoms. The van der Waals surface area contributed by atoms with E-state index in [1.54, 1.807) is 16.0 Å². The highest BCUT2D eigenvalue weighted by molar-refractivity contribution is 7.09. The van der Waals surface area contributed by atoms with Crippen LogP contribution in [0.4, 0.5) is 0 Å². The molecule has 0 fully saturated rings. The smallest absolute Gasteiger partial charge is 0.0897 e. The molecule has 2 rings (SSSR count). The Labute approximate surface area is 111 Å². The lowest BCUT2D eigenvalue weighted by atomic mass is 10.1. The van der Waals surface area contributed by atoms with Crippen LogP contribution in [-0.2, 0) is 13.6 Å². The lowest BCUT2D eigenvalue weighted by Gasteiger charge is -2.25. The lowest BCUT2D eigenvalue weighted by Crippen LogP contribution is -2.30. The fourth-order valence-electron chi connectivity index (χ4n) is 2.03. The highest BCUT2D eigenvalue weighted by Crippen LogP contribution is 2.20. The summed E-state index contributed by atoms with van der Waals surface area (Å²) in [5.41, 5.74) is 8.12. The number of aryl methyl sites for hydroxylation is 2. The zero-order chi connectivity index (χ0) is 13.1. The summed E-state index contributed by atoms with van der Waals surface area (Å²) in [6.07, 6.45) is 3.89. The number of thiazole rings is 1. The SMILES string of the molecule is Cc1nc(CN(C)C(CN)c2cnn(C)c2)cs1. The van der Waals surface area contributed by atoms with Crippen molar-refractivity contribution in [3.8, 4) is 0 Å². The predicted molar refractivity (Wildman–Crippen MR) is 73.3 cm³/mol. The van der Waals surface area contributed by atoms with Crippen LogP contribution in [0.1, 0.15) is 22.3 Å². The fourth-order valence-corrected chi connectivity index (χ4v) is 2.63. The van der Waals surface area contributed by atoms with E-state index in [0.717, 1.165) is 22.8 Å². The Morgan fingerprint density at radius 2 is 2.33 bits per heavy atom. The molecule has 0 saturated carbocycles. The maximum absolute atomic E-state index is 5.88. The van der Waals surface area contributed by atoms with Crippen molar-refractivity contribution in [1.82, 2.24) is 19.7 Å². The summed E-state index contributed by atoms with van der Waals surface area (Å²) in [5.74, 6) is 0. The highest BCUT2D eigenvalue weighted by atomic mass is 32.1. The van der Waals surface area contributed by atoms with Crippen LogP contribution in [0.3, 0.4) is 0 Å². The van der Waals surface area contributed by atoms with Crippen molar-refractivity contribution < 1.29 is 0 Å². The second-order valence-corrected chi connectivity index (χ2v) is 5.53. The Balaban J connectivity index is 2.08. The van der Waals surface area contributed by atoms with Crippen molar-refractivity contribution in [1.29, 1.82) is 0 Å². The zero-order valence-corrected chi connectivity index (χ0v) is 11.8. The van der Waals surface area contributed by atoms with E-state index in [1.807, 2.05) is 26.4 Å². The van der Waals surface area contributed by atoms with Gasteiger partial charge in [-0.2, -0.15) is 5.10 Å². The molecule has 1 atom stereocenters. The Bertz CT molecular complexity index is 504. The first-order valence-electron chi connectivity index (χ1n) is 5.90. The van der Waals surface area contributed by atoms with Crippen molar-refractivity contribution in [2.75, 3.05) is 13.6 Å². The van der Waals surface area contributed by atoms with Crippen LogP contribution in [0.2, 0.25) is 0 Å². The van der Waals surface area contributed by atoms with Crippen LogP contribution in [-0.4, -0.2) is 33.3 Å². The quantitative estimate of drug-likeness (QED) is 0.885. The van der Waals surface area contributed by atoms with E-state index in [1.165, 1.54) is 0 Å². The van der Waals surface area contributed by atoms with Gasteiger partial charge >= 0.3 is 0 Å². The van der Waals surface area contributed by atoms with Crippen LogP contribution in [0.25, 0.3) is 0 Å². The van der Waals surface area contributed by atoms with Gasteiger partial charge in [-0.3, -0.25) is 9.58 Å². The maximum atomic E-state index is 5.88. The number of hydrogen-bond acceptors (Lipinski definition) is 5. The second kappa shape index (κ2) is 5.60. The molecule has 1 unspecified atom stereocenters. The fraction of sp³-hybridized carbons (Fsp3) is 0.500. The molecule has 0 radical (unpaired) electrons. The van der Waals surface area contributed by atoms with E-state index in [9.17, 15) is 0 Å². The average molecular weight is 265 g/mol. The number of rotatable bonds is 5. The molecule has 2 aromatic rings. The summed E-state index contributed by atoms with van der Waals surface area (Å²) < 4.78 is 1.80. The topological polar surface area (TPSA) is 60.0 Å². The molecule has 0 saturated heterocycles. The van der Waals surface area contributed by atoms with Crippen molar-refractivity contribution in [2.24, 2.45) is 12.8 Å². The van der Waals surface area contributed by atoms with Crippen LogP contribution in [0, 0.1) is 6.92 Å². The summed E-state index contributed by atoms with van der Waals surface area (Å²) in [5, 5.41) is 7.40. The average Bonchev–Trinajstić information content (AvgIpc) is 2.89. The van der Waals surface area contributed by atoms with Gasteiger partial charge in [0, 0.05) is 37.3 Å². The van der Waals surface area contributed by atoms with Gasteiger partial charge in [0.05, 0.1) is 22.9 Å². The van der Waals surface area contributed by atoms with Gasteiger partial charge < -0.3 is 5.73 Å². The monoisotopic (exact) mass is 265 g/mol. The number of aromatic nitrogens is 3. The zero-order valence-electron chi connectivity index (χ0n) is 11.0. The van der Waals surface area contributed by atoms with Gasteiger partial charge in [0.2, 0.25) is 0 Å². The third-order valence-corrected chi connectivity index (χ3v) is 3.77. The maximum Gasteiger partial charge on any atom is 0.0897 e. The number of nitrogens with zero attached hydrogens (tertiary/aromatic N) is 4. The molecule has 2 aromatic heterocycles. The first-order chi connectivity index (χ1) is 8.60. The molecular formula is C12H19N5S. The minimum atomic E-state index is 0.181. The van der Waals surface area contributed by atoms with Gasteiger partial charge in [0.15, 0.2) is 0 Å². The molecule has 0 amide bonds. The molecule has 0 aliphatic rings. The van der Waals surface area contributed by atoms with E-state index >= 15 is 0 Å². The molecule has 2 N–H and O–H groups in total. The summed E-state index contributed by atoms with van der Waals surface area (Å²) >= 11 is 1.68. The minimum absolute atomic E-state index is 0.181. The van der Waals surface area contributed by atoms with E-state index < -0.39 is 0 Å². The van der Waals surface area contributed by atoms with Gasteiger partial charge in [-0.05, 0) is 14.0 Å². The highest BCUT2D eigenvalue weighted by Gasteiger charge is 2.17. The second-order valence-electron chi connectivity index (χ2n) is 4.47. The van der Waals surface area contributed by atoms with Crippen LogP contribution >= 0.6 is 11.3 Å². The van der Waals surface area contributed by atoms with Crippen molar-refractivity contribution in [3.63, 3.8) is 0 Å². The summed E-state index contributed by atoms with van der Waals surface area (Å²) in [6.45, 7) is 3.40. The molecule has 98 valence electrons. The Morgan fingerprint density at radius 1 is 1.56 bits per heavy atom. The summed E-state index contributed by atoms with van der Waals surface area (Å²) in [4.78, 5) is 6.70. The molecule has 0 aliphatic heterocycles. The van der Waals surface area contributed by atoms with E-state index in [-0.39, 0.29) is 6.04 Å². The first kappa shape index (κ1) is 13.2. The van der Waals surface area contributed by atoms with Crippen LogP contribution in [0.15, 0.2) is 17.8 Å². The van der Waals surface area contributed by atoms with E-state index in [4.69, 9.17) is 5.73 Å². The Hall–Kier alpha value is -1.24. The van der Waals surface area contributed by atoms with Crippen molar-refractivity contribution in [2.45, 2.75) is 19.5 Å². The third-order valence-electron chi connectivity index (χ3n) is 2.94. The van der Waals surface area contributed by atoms with Crippen molar-refractivity contribution >= 4 is 11.3 Å². The van der Waals surface area contributed by atoms with Gasteiger partial charge in [-0.1, -0.05) is 0 Å². The van der Waals surface area contributed by atoms with Gasteiger partial charge in [-0.25, -0.2) is 4.98 Å². The van der Waals surface area contributed by atoms with Gasteiger partial charge in [0.25, 0.3) is 0 Å². The molecule has 0 aromatic carbocycles. The molecule has 2 heterocycles.